The second-order valence-corrected chi connectivity index (χ2v) is 9.79. The van der Waals surface area contributed by atoms with Gasteiger partial charge < -0.3 is 19.7 Å². The summed E-state index contributed by atoms with van der Waals surface area (Å²) in [4.78, 5) is 44.7. The Balaban J connectivity index is 1.30. The molecule has 0 bridgehead atoms. The Hall–Kier alpha value is -4.30. The smallest absolute Gasteiger partial charge is 0.247 e. The number of ether oxygens (including phenoxy) is 2. The number of hydrogen-bond acceptors (Lipinski definition) is 6. The van der Waals surface area contributed by atoms with E-state index < -0.39 is 29.8 Å². The molecule has 2 saturated heterocycles. The van der Waals surface area contributed by atoms with Crippen LogP contribution < -0.4 is 24.6 Å². The number of halogens is 1. The van der Waals surface area contributed by atoms with Gasteiger partial charge in [0.05, 0.1) is 23.6 Å². The van der Waals surface area contributed by atoms with Gasteiger partial charge in [0, 0.05) is 22.5 Å². The van der Waals surface area contributed by atoms with E-state index >= 15 is 0 Å². The maximum absolute atomic E-state index is 14.0. The molecule has 3 amide bonds. The van der Waals surface area contributed by atoms with Crippen LogP contribution in [0, 0.1) is 11.8 Å². The highest BCUT2D eigenvalue weighted by Gasteiger charge is 2.64. The van der Waals surface area contributed by atoms with E-state index in [4.69, 9.17) is 21.1 Å². The topological polar surface area (TPSA) is 88.2 Å². The zero-order chi connectivity index (χ0) is 25.3. The molecular formula is C28H20ClN3O5. The lowest BCUT2D eigenvalue weighted by atomic mass is 9.88. The maximum atomic E-state index is 14.0. The molecule has 1 N–H and O–H groups in total. The average molecular weight is 514 g/mol. The second kappa shape index (κ2) is 8.11. The highest BCUT2D eigenvalue weighted by molar-refractivity contribution is 6.30. The van der Waals surface area contributed by atoms with Gasteiger partial charge in [-0.25, -0.2) is 4.90 Å². The van der Waals surface area contributed by atoms with Gasteiger partial charge in [0.25, 0.3) is 0 Å². The van der Waals surface area contributed by atoms with E-state index in [0.29, 0.717) is 27.9 Å². The van der Waals surface area contributed by atoms with Crippen LogP contribution in [0.15, 0.2) is 72.8 Å². The average Bonchev–Trinajstić information content (AvgIpc) is 3.58. The highest BCUT2D eigenvalue weighted by Crippen LogP contribution is 2.50. The summed E-state index contributed by atoms with van der Waals surface area (Å²) in [6.45, 7) is 0.0834. The van der Waals surface area contributed by atoms with Gasteiger partial charge in [0.2, 0.25) is 24.5 Å². The van der Waals surface area contributed by atoms with E-state index in [-0.39, 0.29) is 18.6 Å². The van der Waals surface area contributed by atoms with Gasteiger partial charge in [-0.15, -0.1) is 0 Å². The molecule has 3 aromatic rings. The van der Waals surface area contributed by atoms with Crippen LogP contribution in [-0.2, 0) is 14.4 Å². The van der Waals surface area contributed by atoms with Crippen LogP contribution in [0.5, 0.6) is 11.5 Å². The summed E-state index contributed by atoms with van der Waals surface area (Å²) in [6.07, 6.45) is 3.87. The van der Waals surface area contributed by atoms with Crippen molar-refractivity contribution in [1.29, 1.82) is 0 Å². The molecule has 0 unspecified atom stereocenters. The van der Waals surface area contributed by atoms with Crippen LogP contribution in [0.2, 0.25) is 5.02 Å². The number of anilines is 3. The zero-order valence-electron chi connectivity index (χ0n) is 19.3. The molecular weight excluding hydrogens is 494 g/mol. The molecule has 0 saturated carbocycles. The summed E-state index contributed by atoms with van der Waals surface area (Å²) in [5.41, 5.74) is 2.70. The summed E-state index contributed by atoms with van der Waals surface area (Å²) in [5.74, 6) is -1.67. The van der Waals surface area contributed by atoms with E-state index in [2.05, 4.69) is 5.32 Å². The van der Waals surface area contributed by atoms with Crippen LogP contribution in [0.4, 0.5) is 17.1 Å². The number of nitrogens with zero attached hydrogens (tertiary/aromatic N) is 2. The van der Waals surface area contributed by atoms with Crippen LogP contribution >= 0.6 is 11.6 Å². The Morgan fingerprint density at radius 1 is 0.919 bits per heavy atom. The van der Waals surface area contributed by atoms with Crippen molar-refractivity contribution >= 4 is 52.5 Å². The van der Waals surface area contributed by atoms with Crippen LogP contribution in [0.25, 0.3) is 6.08 Å². The standard InChI is InChI=1S/C28H20ClN3O5/c29-16-6-8-17(9-7-16)30-26(33)25-24-23(20-11-5-15-3-1-2-4-19(15)32(20)25)27(34)31(28(24)35)18-10-12-21-22(13-18)37-14-36-21/h1-13,20,23-25H,14H2,(H,30,33)/t20-,23-,24-,25+/m1/s1. The van der Waals surface area contributed by atoms with E-state index in [1.54, 1.807) is 42.5 Å². The first-order valence-electron chi connectivity index (χ1n) is 11.9. The molecule has 0 spiro atoms. The van der Waals surface area contributed by atoms with E-state index in [1.165, 1.54) is 4.90 Å². The van der Waals surface area contributed by atoms with Gasteiger partial charge in [-0.05, 0) is 48.0 Å². The van der Waals surface area contributed by atoms with Crippen molar-refractivity contribution in [2.75, 3.05) is 21.9 Å². The SMILES string of the molecule is O=C(Nc1ccc(Cl)cc1)[C@@H]1[C@@H]2C(=O)N(c3ccc4c(c3)OCO4)C(=O)[C@@H]2[C@H]2C=Cc3ccccc3N21. The number of imide groups is 1. The lowest BCUT2D eigenvalue weighted by Gasteiger charge is -2.36. The van der Waals surface area contributed by atoms with Crippen LogP contribution in [0.3, 0.4) is 0 Å². The minimum Gasteiger partial charge on any atom is -0.454 e. The van der Waals surface area contributed by atoms with Crippen molar-refractivity contribution in [1.82, 2.24) is 0 Å². The molecule has 4 heterocycles. The third-order valence-electron chi connectivity index (χ3n) is 7.41. The van der Waals surface area contributed by atoms with Gasteiger partial charge in [-0.1, -0.05) is 42.0 Å². The highest BCUT2D eigenvalue weighted by atomic mass is 35.5. The molecule has 4 atom stereocenters. The van der Waals surface area contributed by atoms with Crippen molar-refractivity contribution in [2.24, 2.45) is 11.8 Å². The second-order valence-electron chi connectivity index (χ2n) is 9.36. The third-order valence-corrected chi connectivity index (χ3v) is 7.66. The number of carbonyl (C=O) groups is 3. The minimum absolute atomic E-state index is 0.0834. The molecule has 4 aliphatic heterocycles. The largest absolute Gasteiger partial charge is 0.454 e. The van der Waals surface area contributed by atoms with E-state index in [1.807, 2.05) is 41.3 Å². The molecule has 0 aliphatic carbocycles. The molecule has 8 nitrogen and oxygen atoms in total. The number of amides is 3. The molecule has 9 heteroatoms. The first-order valence-corrected chi connectivity index (χ1v) is 12.3. The number of hydrogen-bond donors (Lipinski definition) is 1. The first kappa shape index (κ1) is 21.9. The van der Waals surface area contributed by atoms with Gasteiger partial charge in [-0.2, -0.15) is 0 Å². The van der Waals surface area contributed by atoms with Crippen molar-refractivity contribution in [3.05, 3.63) is 83.4 Å². The molecule has 4 aliphatic rings. The van der Waals surface area contributed by atoms with Crippen molar-refractivity contribution < 1.29 is 23.9 Å². The zero-order valence-corrected chi connectivity index (χ0v) is 20.1. The predicted molar refractivity (Wildman–Crippen MR) is 138 cm³/mol. The maximum Gasteiger partial charge on any atom is 0.247 e. The minimum atomic E-state index is -0.896. The number of fused-ring (bicyclic) bond motifs is 6. The molecule has 3 aromatic carbocycles. The summed E-state index contributed by atoms with van der Waals surface area (Å²) in [5, 5.41) is 3.48. The summed E-state index contributed by atoms with van der Waals surface area (Å²) < 4.78 is 10.8. The van der Waals surface area contributed by atoms with Gasteiger partial charge in [0.15, 0.2) is 11.5 Å². The fraction of sp³-hybridized carbons (Fsp3) is 0.179. The number of carbonyl (C=O) groups excluding carboxylic acids is 3. The Bertz CT molecular complexity index is 1500. The van der Waals surface area contributed by atoms with E-state index in [9.17, 15) is 14.4 Å². The lowest BCUT2D eigenvalue weighted by molar-refractivity contribution is -0.126. The predicted octanol–water partition coefficient (Wildman–Crippen LogP) is 4.10. The Labute approximate surface area is 217 Å². The summed E-state index contributed by atoms with van der Waals surface area (Å²) >= 11 is 6.01. The number of nitrogens with one attached hydrogen (secondary N) is 1. The molecule has 7 rings (SSSR count). The van der Waals surface area contributed by atoms with Gasteiger partial charge >= 0.3 is 0 Å². The molecule has 37 heavy (non-hydrogen) atoms. The fourth-order valence-electron chi connectivity index (χ4n) is 5.84. The third kappa shape index (κ3) is 3.25. The molecule has 0 radical (unpaired) electrons. The summed E-state index contributed by atoms with van der Waals surface area (Å²) in [7, 11) is 0. The normalized spacial score (nSPS) is 24.7. The first-order chi connectivity index (χ1) is 18.0. The Morgan fingerprint density at radius 2 is 1.68 bits per heavy atom. The van der Waals surface area contributed by atoms with Crippen molar-refractivity contribution in [3.8, 4) is 11.5 Å². The van der Waals surface area contributed by atoms with Crippen molar-refractivity contribution in [3.63, 3.8) is 0 Å². The fourth-order valence-corrected chi connectivity index (χ4v) is 5.97. The molecule has 0 aromatic heterocycles. The molecule has 2 fully saturated rings. The van der Waals surface area contributed by atoms with Gasteiger partial charge in [-0.3, -0.25) is 14.4 Å². The summed E-state index contributed by atoms with van der Waals surface area (Å²) in [6, 6.07) is 18.1. The van der Waals surface area contributed by atoms with Crippen molar-refractivity contribution in [2.45, 2.75) is 12.1 Å². The van der Waals surface area contributed by atoms with E-state index in [0.717, 1.165) is 11.3 Å². The lowest BCUT2D eigenvalue weighted by Crippen LogP contribution is -2.50. The monoisotopic (exact) mass is 513 g/mol. The number of rotatable bonds is 3. The number of benzene rings is 3. The van der Waals surface area contributed by atoms with Crippen LogP contribution in [0.1, 0.15) is 5.56 Å². The van der Waals surface area contributed by atoms with Crippen LogP contribution in [-0.4, -0.2) is 36.6 Å². The van der Waals surface area contributed by atoms with Gasteiger partial charge in [0.1, 0.15) is 6.04 Å². The number of para-hydroxylation sites is 1. The Kier molecular flexibility index (Phi) is 4.81. The molecule has 184 valence electrons. The Morgan fingerprint density at radius 3 is 2.51 bits per heavy atom. The quantitative estimate of drug-likeness (QED) is 0.531.